The topological polar surface area (TPSA) is 0 Å². The summed E-state index contributed by atoms with van der Waals surface area (Å²) in [6.45, 7) is 0. The summed E-state index contributed by atoms with van der Waals surface area (Å²) in [5.74, 6) is 0. The molecule has 0 aliphatic carbocycles. The summed E-state index contributed by atoms with van der Waals surface area (Å²) >= 11 is 0. The third-order valence-electron chi connectivity index (χ3n) is 0. The van der Waals surface area contributed by atoms with E-state index in [-0.39, 0.29) is 115 Å². The van der Waals surface area contributed by atoms with Crippen LogP contribution in [0.1, 0.15) is 0 Å². The van der Waals surface area contributed by atoms with Crippen LogP contribution in [0.2, 0.25) is 0 Å². The molecule has 0 aromatic rings. The van der Waals surface area contributed by atoms with E-state index >= 15 is 0 Å². The largest absolute Gasteiger partial charge is 1.00 e. The van der Waals surface area contributed by atoms with Crippen LogP contribution in [0.4, 0.5) is 0 Å². The van der Waals surface area contributed by atoms with Gasteiger partial charge in [0.25, 0.3) is 0 Å². The van der Waals surface area contributed by atoms with Gasteiger partial charge in [-0.3, -0.25) is 0 Å². The number of hydrogen-bond donors (Lipinski definition) is 0. The Morgan fingerprint density at radius 3 is 0.750 bits per heavy atom. The average molecular weight is 222 g/mol. The maximum Gasteiger partial charge on any atom is 1.00 e. The van der Waals surface area contributed by atoms with Gasteiger partial charge in [-0.1, -0.05) is 0 Å². The van der Waals surface area contributed by atoms with Crippen LogP contribution in [0.5, 0.6) is 0 Å². The molecule has 0 nitrogen and oxygen atoms in total. The zero-order chi connectivity index (χ0) is 0. The maximum absolute atomic E-state index is 0. The zero-order valence-corrected chi connectivity index (χ0v) is 11.1. The first kappa shape index (κ1) is 25.6. The van der Waals surface area contributed by atoms with E-state index in [1.54, 1.807) is 0 Å². The fourth-order valence-electron chi connectivity index (χ4n) is 0. The molecular weight excluding hydrogens is 222 g/mol. The van der Waals surface area contributed by atoms with Crippen molar-refractivity contribution >= 4 is 0 Å². The van der Waals surface area contributed by atoms with Crippen molar-refractivity contribution in [3.05, 3.63) is 0 Å². The van der Waals surface area contributed by atoms with E-state index in [2.05, 4.69) is 0 Å². The Hall–Kier alpha value is 3.60. The quantitative estimate of drug-likeness (QED) is 0.357. The molecule has 0 aromatic carbocycles. The molecule has 0 amide bonds. The van der Waals surface area contributed by atoms with Crippen LogP contribution in [-0.2, 0) is 0 Å². The molecule has 0 saturated heterocycles. The Morgan fingerprint density at radius 2 is 0.750 bits per heavy atom. The predicted octanol–water partition coefficient (Wildman–Crippen LogP) is -12.0. The van der Waals surface area contributed by atoms with Crippen LogP contribution >= 0.6 is 0 Å². The molecule has 0 rings (SSSR count). The average Bonchev–Trinajstić information content (AvgIpc) is 0. The summed E-state index contributed by atoms with van der Waals surface area (Å²) in [6.07, 6.45) is 0. The second-order valence-corrected chi connectivity index (χ2v) is 0. The summed E-state index contributed by atoms with van der Waals surface area (Å²) in [7, 11) is 0. The summed E-state index contributed by atoms with van der Waals surface area (Å²) in [6, 6.07) is 0. The monoisotopic (exact) mass is 220 g/mol. The molecule has 0 atom stereocenters. The molecule has 0 aliphatic rings. The molecule has 4 heteroatoms. The van der Waals surface area contributed by atoms with Gasteiger partial charge in [0.15, 0.2) is 0 Å². The molecule has 4 heavy (non-hydrogen) atoms. The smallest absolute Gasteiger partial charge is 1.00 e. The van der Waals surface area contributed by atoms with Crippen molar-refractivity contribution in [2.75, 3.05) is 0 Å². The maximum atomic E-state index is 0. The second-order valence-electron chi connectivity index (χ2n) is 0. The summed E-state index contributed by atoms with van der Waals surface area (Å²) in [5.41, 5.74) is 0. The van der Waals surface area contributed by atoms with Crippen molar-refractivity contribution in [3.8, 4) is 0 Å². The Kier molecular flexibility index (Phi) is 102. The molecule has 0 radical (unpaired) electrons. The van der Waals surface area contributed by atoms with E-state index in [0.29, 0.717) is 0 Å². The zero-order valence-electron chi connectivity index (χ0n) is 2.76. The Balaban J connectivity index is 0. The van der Waals surface area contributed by atoms with Gasteiger partial charge in [0.05, 0.1) is 0 Å². The van der Waals surface area contributed by atoms with Gasteiger partial charge < -0.3 is 34.0 Å². The Morgan fingerprint density at radius 1 is 0.750 bits per heavy atom. The van der Waals surface area contributed by atoms with Crippen molar-refractivity contribution in [1.29, 1.82) is 0 Å². The fourth-order valence-corrected chi connectivity index (χ4v) is 0. The minimum atomic E-state index is 0. The van der Waals surface area contributed by atoms with E-state index in [1.807, 2.05) is 0 Å². The molecule has 0 bridgehead atoms. The van der Waals surface area contributed by atoms with Crippen LogP contribution in [0.15, 0.2) is 0 Å². The van der Waals surface area contributed by atoms with Crippen LogP contribution in [0.25, 0.3) is 0 Å². The first-order valence-electron chi connectivity index (χ1n) is 0. The number of hydrogen-bond acceptors (Lipinski definition) is 0. The second kappa shape index (κ2) is 16.0. The predicted molar refractivity (Wildman–Crippen MR) is 0 cm³/mol. The van der Waals surface area contributed by atoms with Crippen molar-refractivity contribution in [1.82, 2.24) is 0 Å². The SMILES string of the molecule is [Br-].[Br-].[K+].[Na+]. The standard InChI is InChI=1S/2BrH.K.Na/h2*1H;;/q;;2*+1/p-2. The molecular formula is Br2KNa. The van der Waals surface area contributed by atoms with Gasteiger partial charge in [-0.05, 0) is 0 Å². The van der Waals surface area contributed by atoms with E-state index in [9.17, 15) is 0 Å². The van der Waals surface area contributed by atoms with E-state index < -0.39 is 0 Å². The van der Waals surface area contributed by atoms with Gasteiger partial charge in [-0.15, -0.1) is 0 Å². The van der Waals surface area contributed by atoms with Crippen molar-refractivity contribution < 1.29 is 115 Å². The Bertz CT molecular complexity index is 6.00. The van der Waals surface area contributed by atoms with Gasteiger partial charge in [-0.25, -0.2) is 0 Å². The third kappa shape index (κ3) is 9.14. The van der Waals surface area contributed by atoms with Crippen LogP contribution in [-0.4, -0.2) is 0 Å². The molecule has 0 aromatic heterocycles. The van der Waals surface area contributed by atoms with E-state index in [1.165, 1.54) is 0 Å². The van der Waals surface area contributed by atoms with Gasteiger partial charge in [-0.2, -0.15) is 0 Å². The molecule has 16 valence electrons. The van der Waals surface area contributed by atoms with Crippen molar-refractivity contribution in [2.24, 2.45) is 0 Å². The third-order valence-corrected chi connectivity index (χ3v) is 0. The van der Waals surface area contributed by atoms with Crippen molar-refractivity contribution in [3.63, 3.8) is 0 Å². The first-order chi connectivity index (χ1) is 0. The molecule has 0 fully saturated rings. The Labute approximate surface area is 112 Å². The minimum absolute atomic E-state index is 0. The summed E-state index contributed by atoms with van der Waals surface area (Å²) in [5, 5.41) is 0. The summed E-state index contributed by atoms with van der Waals surface area (Å²) in [4.78, 5) is 0. The van der Waals surface area contributed by atoms with Crippen LogP contribution < -0.4 is 115 Å². The van der Waals surface area contributed by atoms with Gasteiger partial charge in [0, 0.05) is 0 Å². The summed E-state index contributed by atoms with van der Waals surface area (Å²) < 4.78 is 0. The molecule has 0 heterocycles. The molecule has 0 spiro atoms. The molecule has 0 saturated carbocycles. The van der Waals surface area contributed by atoms with Crippen LogP contribution in [0, 0.1) is 0 Å². The van der Waals surface area contributed by atoms with E-state index in [4.69, 9.17) is 0 Å². The normalized spacial score (nSPS) is 0. The number of rotatable bonds is 0. The van der Waals surface area contributed by atoms with Gasteiger partial charge >= 0.3 is 80.9 Å². The first-order valence-corrected chi connectivity index (χ1v) is 0. The molecule has 0 unspecified atom stereocenters. The van der Waals surface area contributed by atoms with Crippen LogP contribution in [0.3, 0.4) is 0 Å². The van der Waals surface area contributed by atoms with Crippen molar-refractivity contribution in [2.45, 2.75) is 0 Å². The van der Waals surface area contributed by atoms with Gasteiger partial charge in [0.2, 0.25) is 0 Å². The minimum Gasteiger partial charge on any atom is -1.00 e. The number of halogens is 2. The fraction of sp³-hybridized carbons (Fsp3) is 0. The molecule has 0 aliphatic heterocycles. The van der Waals surface area contributed by atoms with Gasteiger partial charge in [0.1, 0.15) is 0 Å². The van der Waals surface area contributed by atoms with E-state index in [0.717, 1.165) is 0 Å². The molecule has 0 N–H and O–H groups in total.